The molecule has 0 bridgehead atoms. The predicted octanol–water partition coefficient (Wildman–Crippen LogP) is 14.6. The minimum absolute atomic E-state index is 0. The van der Waals surface area contributed by atoms with Crippen molar-refractivity contribution in [3.63, 3.8) is 0 Å². The Morgan fingerprint density at radius 1 is 0.623 bits per heavy atom. The number of benzene rings is 7. The molecule has 0 fully saturated rings. The second-order valence-corrected chi connectivity index (χ2v) is 27.9. The van der Waals surface area contributed by atoms with Crippen LogP contribution in [-0.2, 0) is 20.1 Å². The van der Waals surface area contributed by atoms with E-state index in [1.807, 2.05) is 48.5 Å². The molecule has 3 aromatic heterocycles. The van der Waals surface area contributed by atoms with Crippen molar-refractivity contribution >= 4 is 61.4 Å². The van der Waals surface area contributed by atoms with Gasteiger partial charge in [0.15, 0.2) is 0 Å². The van der Waals surface area contributed by atoms with Crippen molar-refractivity contribution in [1.82, 2.24) is 14.5 Å². The fourth-order valence-corrected chi connectivity index (χ4v) is 10.7. The molecule has 0 aliphatic rings. The third-order valence-corrected chi connectivity index (χ3v) is 15.7. The third-order valence-electron chi connectivity index (χ3n) is 11.5. The maximum Gasteiger partial charge on any atom is 0.0160 e. The molecule has 0 N–H and O–H groups in total. The van der Waals surface area contributed by atoms with Crippen LogP contribution in [0.3, 0.4) is 0 Å². The first-order chi connectivity index (χ1) is 29.1. The van der Waals surface area contributed by atoms with Crippen LogP contribution >= 0.6 is 0 Å². The molecule has 10 aromatic rings. The molecule has 0 aliphatic heterocycles. The summed E-state index contributed by atoms with van der Waals surface area (Å²) in [4.78, 5) is 9.67. The van der Waals surface area contributed by atoms with E-state index in [9.17, 15) is 0 Å². The number of fused-ring (bicyclic) bond motifs is 6. The largest absolute Gasteiger partial charge is 0.305 e. The van der Waals surface area contributed by atoms with Crippen molar-refractivity contribution in [1.29, 1.82) is 0 Å². The van der Waals surface area contributed by atoms with E-state index in [0.717, 1.165) is 55.6 Å². The van der Waals surface area contributed by atoms with E-state index in [0.29, 0.717) is 0 Å². The zero-order chi connectivity index (χ0) is 41.5. The van der Waals surface area contributed by atoms with Crippen molar-refractivity contribution < 1.29 is 24.5 Å². The number of hydrogen-bond acceptors (Lipinski definition) is 3. The van der Waals surface area contributed by atoms with E-state index >= 15 is 0 Å². The average Bonchev–Trinajstić information content (AvgIpc) is 3.85. The number of imidazole rings is 1. The van der Waals surface area contributed by atoms with Crippen molar-refractivity contribution in [3.05, 3.63) is 181 Å². The molecule has 0 unspecified atom stereocenters. The molecule has 10 rings (SSSR count). The van der Waals surface area contributed by atoms with Gasteiger partial charge in [-0.2, -0.15) is 0 Å². The number of pyridine rings is 1. The van der Waals surface area contributed by atoms with Crippen molar-refractivity contribution in [2.45, 2.75) is 56.8 Å². The SMILES string of the molecule is CC(C)c1cc(-c2ccccc2)cc(C(C)C)c1-n1c(-c2[c-]ccc3c2oc2c[c]([Ge]([CH3])([CH3])[CH3])ccc23)nc2ccc3ccccc3c21.[Ir].[c-]1ccccc1-c1ccccn1. The molecule has 0 spiro atoms. The van der Waals surface area contributed by atoms with E-state index in [2.05, 4.69) is 170 Å². The molecule has 0 saturated heterocycles. The number of nitrogens with zero attached hydrogens (tertiary/aromatic N) is 3. The van der Waals surface area contributed by atoms with Gasteiger partial charge in [0, 0.05) is 26.3 Å². The summed E-state index contributed by atoms with van der Waals surface area (Å²) in [6, 6.07) is 60.0. The summed E-state index contributed by atoms with van der Waals surface area (Å²) in [5.74, 6) is 8.69. The Labute approximate surface area is 375 Å². The van der Waals surface area contributed by atoms with Gasteiger partial charge >= 0.3 is 245 Å². The summed E-state index contributed by atoms with van der Waals surface area (Å²) in [5, 5.41) is 4.62. The second kappa shape index (κ2) is 17.4. The van der Waals surface area contributed by atoms with E-state index in [-0.39, 0.29) is 31.9 Å². The molecule has 0 amide bonds. The van der Waals surface area contributed by atoms with Crippen molar-refractivity contribution in [3.8, 4) is 39.5 Å². The topological polar surface area (TPSA) is 43.9 Å². The molecule has 4 nitrogen and oxygen atoms in total. The van der Waals surface area contributed by atoms with Gasteiger partial charge in [0.25, 0.3) is 0 Å². The summed E-state index contributed by atoms with van der Waals surface area (Å²) in [7, 11) is 0. The van der Waals surface area contributed by atoms with E-state index in [1.54, 1.807) is 6.20 Å². The first-order valence-corrected chi connectivity index (χ1v) is 28.3. The van der Waals surface area contributed by atoms with Crippen LogP contribution in [0.25, 0.3) is 83.2 Å². The predicted molar refractivity (Wildman–Crippen MR) is 255 cm³/mol. The molecule has 6 heteroatoms. The second-order valence-electron chi connectivity index (χ2n) is 17.3. The van der Waals surface area contributed by atoms with Gasteiger partial charge < -0.3 is 4.98 Å². The first kappa shape index (κ1) is 42.1. The number of rotatable bonds is 7. The van der Waals surface area contributed by atoms with Gasteiger partial charge in [0.1, 0.15) is 0 Å². The van der Waals surface area contributed by atoms with Crippen LogP contribution in [0.15, 0.2) is 162 Å². The van der Waals surface area contributed by atoms with Crippen LogP contribution < -0.4 is 4.40 Å². The molecule has 7 aromatic carbocycles. The summed E-state index contributed by atoms with van der Waals surface area (Å²) in [6.07, 6.45) is 1.79. The molecular formula is C55H49GeIrN3O-2. The van der Waals surface area contributed by atoms with E-state index < -0.39 is 13.3 Å². The maximum atomic E-state index is 6.83. The van der Waals surface area contributed by atoms with Gasteiger partial charge in [-0.05, 0) is 17.3 Å². The van der Waals surface area contributed by atoms with Gasteiger partial charge in [-0.1, -0.05) is 48.5 Å². The fourth-order valence-electron chi connectivity index (χ4n) is 8.29. The number of aromatic nitrogens is 3. The maximum absolute atomic E-state index is 6.83. The van der Waals surface area contributed by atoms with Crippen molar-refractivity contribution in [2.75, 3.05) is 0 Å². The van der Waals surface area contributed by atoms with Crippen LogP contribution in [0.2, 0.25) is 17.3 Å². The van der Waals surface area contributed by atoms with Crippen LogP contribution in [0, 0.1) is 12.1 Å². The smallest absolute Gasteiger partial charge is 0.0160 e. The monoisotopic (exact) mass is 1030 g/mol. The minimum atomic E-state index is -2.07. The molecule has 0 aliphatic carbocycles. The zero-order valence-corrected chi connectivity index (χ0v) is 40.2. The Morgan fingerprint density at radius 2 is 1.34 bits per heavy atom. The quantitative estimate of drug-likeness (QED) is 0.118. The van der Waals surface area contributed by atoms with Crippen LogP contribution in [0.4, 0.5) is 0 Å². The van der Waals surface area contributed by atoms with Crippen LogP contribution in [0.1, 0.15) is 50.7 Å². The van der Waals surface area contributed by atoms with Gasteiger partial charge in [0.2, 0.25) is 0 Å². The summed E-state index contributed by atoms with van der Waals surface area (Å²) < 4.78 is 10.7. The van der Waals surface area contributed by atoms with Gasteiger partial charge in [-0.3, -0.25) is 0 Å². The number of furan rings is 1. The average molecular weight is 1030 g/mol. The van der Waals surface area contributed by atoms with Crippen LogP contribution in [0.5, 0.6) is 0 Å². The first-order valence-electron chi connectivity index (χ1n) is 21.0. The molecule has 0 saturated carbocycles. The summed E-state index contributed by atoms with van der Waals surface area (Å²) in [5.41, 5.74) is 13.0. The summed E-state index contributed by atoms with van der Waals surface area (Å²) >= 11 is -2.07. The van der Waals surface area contributed by atoms with Gasteiger partial charge in [-0.25, -0.2) is 0 Å². The Bertz CT molecular complexity index is 3060. The molecule has 1 radical (unpaired) electrons. The molecule has 61 heavy (non-hydrogen) atoms. The van der Waals surface area contributed by atoms with E-state index in [1.165, 1.54) is 43.1 Å². The molecule has 0 atom stereocenters. The Balaban J connectivity index is 0.000000340. The van der Waals surface area contributed by atoms with Gasteiger partial charge in [0.05, 0.1) is 0 Å². The third kappa shape index (κ3) is 8.15. The van der Waals surface area contributed by atoms with Crippen LogP contribution in [-0.4, -0.2) is 27.8 Å². The summed E-state index contributed by atoms with van der Waals surface area (Å²) in [6.45, 7) is 9.21. The van der Waals surface area contributed by atoms with Crippen molar-refractivity contribution in [2.24, 2.45) is 0 Å². The molecule has 305 valence electrons. The molecule has 3 heterocycles. The Hall–Kier alpha value is -5.59. The normalized spacial score (nSPS) is 11.7. The fraction of sp³-hybridized carbons (Fsp3) is 0.164. The Kier molecular flexibility index (Phi) is 12.0. The molecular weight excluding hydrogens is 983 g/mol. The minimum Gasteiger partial charge on any atom is -0.305 e. The zero-order valence-electron chi connectivity index (χ0n) is 35.7. The Morgan fingerprint density at radius 3 is 2.03 bits per heavy atom. The van der Waals surface area contributed by atoms with E-state index in [4.69, 9.17) is 9.40 Å². The standard InChI is InChI=1S/C44H41GeN2O.C11H8N.Ir/c1-27(2)37-24-31(29-14-9-8-10-15-29)25-38(28(3)4)41(37)47-42-33-17-12-11-16-30(33)20-23-39(42)46-44(47)36-19-13-18-35-34-22-21-32(45(5,6)7)26-40(34)48-43(35)36;1-2-6-10(7-3-1)11-8-4-5-9-12-11;/h8-18,20-28H,1-7H3;1-6,8-9H;/q2*-1;. The van der Waals surface area contributed by atoms with Gasteiger partial charge in [-0.15, -0.1) is 35.9 Å². The number of hydrogen-bond donors (Lipinski definition) is 0.